The van der Waals surface area contributed by atoms with Gasteiger partial charge in [0.05, 0.1) is 0 Å². The average Bonchev–Trinajstić information content (AvgIpc) is 2.32. The smallest absolute Gasteiger partial charge is 0.0372 e. The maximum atomic E-state index is 3.63. The molecule has 0 heterocycles. The van der Waals surface area contributed by atoms with Crippen molar-refractivity contribution in [3.63, 3.8) is 0 Å². The van der Waals surface area contributed by atoms with E-state index in [1.807, 2.05) is 7.05 Å². The number of hydrogen-bond acceptors (Lipinski definition) is 1. The second-order valence-electron chi connectivity index (χ2n) is 5.77. The predicted molar refractivity (Wildman–Crippen MR) is 82.9 cm³/mol. The molecule has 2 aromatic rings. The molecule has 0 saturated heterocycles. The Hall–Kier alpha value is -0.860. The summed E-state index contributed by atoms with van der Waals surface area (Å²) in [6, 6.07) is 13.3. The maximum absolute atomic E-state index is 3.63. The number of benzene rings is 2. The fourth-order valence-electron chi connectivity index (χ4n) is 2.59. The average molecular weight is 306 g/mol. The van der Waals surface area contributed by atoms with Crippen LogP contribution in [0.4, 0.5) is 0 Å². The summed E-state index contributed by atoms with van der Waals surface area (Å²) in [5, 5.41) is 6.05. The van der Waals surface area contributed by atoms with E-state index in [-0.39, 0.29) is 5.41 Å². The molecule has 0 saturated carbocycles. The van der Waals surface area contributed by atoms with Crippen molar-refractivity contribution in [2.75, 3.05) is 7.05 Å². The number of fused-ring (bicyclic) bond motifs is 1. The van der Waals surface area contributed by atoms with Crippen molar-refractivity contribution >= 4 is 26.7 Å². The Bertz CT molecular complexity index is 555. The van der Waals surface area contributed by atoms with Gasteiger partial charge in [-0.3, -0.25) is 0 Å². The van der Waals surface area contributed by atoms with Crippen LogP contribution in [0, 0.1) is 5.41 Å². The molecule has 2 rings (SSSR count). The predicted octanol–water partition coefficient (Wildman–Crippen LogP) is 4.91. The lowest BCUT2D eigenvalue weighted by Gasteiger charge is -2.32. The Morgan fingerprint density at radius 1 is 1.00 bits per heavy atom. The van der Waals surface area contributed by atoms with E-state index in [0.717, 1.165) is 4.47 Å². The van der Waals surface area contributed by atoms with Crippen molar-refractivity contribution in [2.24, 2.45) is 5.41 Å². The molecule has 0 radical (unpaired) electrons. The van der Waals surface area contributed by atoms with Crippen LogP contribution in [0.3, 0.4) is 0 Å². The third kappa shape index (κ3) is 2.45. The van der Waals surface area contributed by atoms with Gasteiger partial charge in [0.15, 0.2) is 0 Å². The molecule has 0 fully saturated rings. The van der Waals surface area contributed by atoms with Crippen molar-refractivity contribution in [1.82, 2.24) is 5.32 Å². The quantitative estimate of drug-likeness (QED) is 0.831. The van der Waals surface area contributed by atoms with Gasteiger partial charge in [-0.15, -0.1) is 0 Å². The fraction of sp³-hybridized carbons (Fsp3) is 0.375. The van der Waals surface area contributed by atoms with Crippen LogP contribution in [0.5, 0.6) is 0 Å². The van der Waals surface area contributed by atoms with E-state index in [0.29, 0.717) is 6.04 Å². The van der Waals surface area contributed by atoms with Gasteiger partial charge in [0, 0.05) is 10.5 Å². The number of hydrogen-bond donors (Lipinski definition) is 1. The van der Waals surface area contributed by atoms with Crippen LogP contribution >= 0.6 is 15.9 Å². The van der Waals surface area contributed by atoms with E-state index in [4.69, 9.17) is 0 Å². The summed E-state index contributed by atoms with van der Waals surface area (Å²) in [5.74, 6) is 0. The molecule has 1 nitrogen and oxygen atoms in total. The standard InChI is InChI=1S/C16H20BrN/c1-16(2,3)15(18-4)13-9-10-14(17)12-8-6-5-7-11(12)13/h5-10,15,18H,1-4H3. The van der Waals surface area contributed by atoms with E-state index in [1.54, 1.807) is 0 Å². The summed E-state index contributed by atoms with van der Waals surface area (Å²) in [6.07, 6.45) is 0. The van der Waals surface area contributed by atoms with Crippen LogP contribution in [-0.4, -0.2) is 7.05 Å². The van der Waals surface area contributed by atoms with E-state index in [9.17, 15) is 0 Å². The molecule has 2 aromatic carbocycles. The normalized spacial score (nSPS) is 13.8. The third-order valence-electron chi connectivity index (χ3n) is 3.37. The molecule has 0 aliphatic heterocycles. The minimum Gasteiger partial charge on any atom is -0.313 e. The maximum Gasteiger partial charge on any atom is 0.0372 e. The zero-order valence-corrected chi connectivity index (χ0v) is 13.0. The summed E-state index contributed by atoms with van der Waals surface area (Å²) in [5.41, 5.74) is 1.55. The van der Waals surface area contributed by atoms with E-state index < -0.39 is 0 Å². The molecule has 1 unspecified atom stereocenters. The first kappa shape index (κ1) is 13.6. The van der Waals surface area contributed by atoms with Crippen molar-refractivity contribution in [3.05, 3.63) is 46.4 Å². The molecule has 0 bridgehead atoms. The van der Waals surface area contributed by atoms with Gasteiger partial charge in [-0.2, -0.15) is 0 Å². The summed E-state index contributed by atoms with van der Waals surface area (Å²) in [7, 11) is 2.03. The molecule has 0 spiro atoms. The SMILES string of the molecule is CNC(c1ccc(Br)c2ccccc12)C(C)(C)C. The second-order valence-corrected chi connectivity index (χ2v) is 6.62. The summed E-state index contributed by atoms with van der Waals surface area (Å²) >= 11 is 3.63. The first-order valence-corrected chi connectivity index (χ1v) is 7.09. The largest absolute Gasteiger partial charge is 0.313 e. The first-order chi connectivity index (χ1) is 8.45. The number of rotatable bonds is 2. The van der Waals surface area contributed by atoms with Gasteiger partial charge in [0.1, 0.15) is 0 Å². The van der Waals surface area contributed by atoms with Gasteiger partial charge >= 0.3 is 0 Å². The zero-order chi connectivity index (χ0) is 13.3. The Morgan fingerprint density at radius 3 is 2.17 bits per heavy atom. The van der Waals surface area contributed by atoms with Crippen molar-refractivity contribution in [3.8, 4) is 0 Å². The highest BCUT2D eigenvalue weighted by molar-refractivity contribution is 9.10. The van der Waals surface area contributed by atoms with Crippen LogP contribution in [0.1, 0.15) is 32.4 Å². The topological polar surface area (TPSA) is 12.0 Å². The van der Waals surface area contributed by atoms with Crippen LogP contribution < -0.4 is 5.32 Å². The lowest BCUT2D eigenvalue weighted by atomic mass is 9.81. The summed E-state index contributed by atoms with van der Waals surface area (Å²) < 4.78 is 1.16. The van der Waals surface area contributed by atoms with Gasteiger partial charge < -0.3 is 5.32 Å². The molecule has 2 heteroatoms. The van der Waals surface area contributed by atoms with Crippen LogP contribution in [0.2, 0.25) is 0 Å². The van der Waals surface area contributed by atoms with Crippen LogP contribution in [-0.2, 0) is 0 Å². The molecular weight excluding hydrogens is 286 g/mol. The molecule has 1 atom stereocenters. The highest BCUT2D eigenvalue weighted by Crippen LogP contribution is 2.37. The minimum atomic E-state index is 0.186. The molecule has 18 heavy (non-hydrogen) atoms. The second kappa shape index (κ2) is 5.02. The van der Waals surface area contributed by atoms with E-state index >= 15 is 0 Å². The van der Waals surface area contributed by atoms with Crippen molar-refractivity contribution in [1.29, 1.82) is 0 Å². The van der Waals surface area contributed by atoms with Gasteiger partial charge in [-0.25, -0.2) is 0 Å². The monoisotopic (exact) mass is 305 g/mol. The van der Waals surface area contributed by atoms with Crippen molar-refractivity contribution < 1.29 is 0 Å². The third-order valence-corrected chi connectivity index (χ3v) is 4.06. The highest BCUT2D eigenvalue weighted by Gasteiger charge is 2.26. The molecule has 96 valence electrons. The molecule has 1 N–H and O–H groups in total. The van der Waals surface area contributed by atoms with Crippen LogP contribution in [0.25, 0.3) is 10.8 Å². The fourth-order valence-corrected chi connectivity index (χ4v) is 3.07. The Morgan fingerprint density at radius 2 is 1.61 bits per heavy atom. The Balaban J connectivity index is 2.68. The minimum absolute atomic E-state index is 0.186. The number of halogens is 1. The molecule has 0 aromatic heterocycles. The first-order valence-electron chi connectivity index (χ1n) is 6.29. The van der Waals surface area contributed by atoms with Crippen LogP contribution in [0.15, 0.2) is 40.9 Å². The zero-order valence-electron chi connectivity index (χ0n) is 11.4. The van der Waals surface area contributed by atoms with E-state index in [2.05, 4.69) is 78.4 Å². The summed E-state index contributed by atoms with van der Waals surface area (Å²) in [6.45, 7) is 6.81. The van der Waals surface area contributed by atoms with Gasteiger partial charge in [-0.05, 0) is 34.9 Å². The molecular formula is C16H20BrN. The molecule has 0 aliphatic carbocycles. The van der Waals surface area contributed by atoms with Gasteiger partial charge in [0.25, 0.3) is 0 Å². The lowest BCUT2D eigenvalue weighted by molar-refractivity contribution is 0.288. The Kier molecular flexibility index (Phi) is 3.79. The lowest BCUT2D eigenvalue weighted by Crippen LogP contribution is -2.29. The van der Waals surface area contributed by atoms with Crippen molar-refractivity contribution in [2.45, 2.75) is 26.8 Å². The highest BCUT2D eigenvalue weighted by atomic mass is 79.9. The Labute approximate surface area is 118 Å². The van der Waals surface area contributed by atoms with E-state index in [1.165, 1.54) is 16.3 Å². The van der Waals surface area contributed by atoms with Gasteiger partial charge in [-0.1, -0.05) is 67.0 Å². The molecule has 0 amide bonds. The molecule has 0 aliphatic rings. The van der Waals surface area contributed by atoms with Gasteiger partial charge in [0.2, 0.25) is 0 Å². The summed E-state index contributed by atoms with van der Waals surface area (Å²) in [4.78, 5) is 0. The number of nitrogens with one attached hydrogen (secondary N) is 1.